The molecule has 32 heavy (non-hydrogen) atoms. The zero-order valence-electron chi connectivity index (χ0n) is 19.3. The number of esters is 1. The molecule has 1 aromatic heterocycles. The molecule has 0 spiro atoms. The van der Waals surface area contributed by atoms with Crippen LogP contribution in [0.25, 0.3) is 10.9 Å². The van der Waals surface area contributed by atoms with Gasteiger partial charge in [-0.1, -0.05) is 43.7 Å². The van der Waals surface area contributed by atoms with Crippen LogP contribution in [0.4, 0.5) is 0 Å². The molecule has 0 atom stereocenters. The van der Waals surface area contributed by atoms with Crippen LogP contribution in [0.2, 0.25) is 0 Å². The molecule has 1 N–H and O–H groups in total. The van der Waals surface area contributed by atoms with Gasteiger partial charge < -0.3 is 14.6 Å². The highest BCUT2D eigenvalue weighted by molar-refractivity contribution is 5.85. The normalized spacial score (nSPS) is 15.3. The number of fused-ring (bicyclic) bond motifs is 1. The lowest BCUT2D eigenvalue weighted by Crippen LogP contribution is -2.33. The van der Waals surface area contributed by atoms with Crippen LogP contribution in [0.3, 0.4) is 0 Å². The van der Waals surface area contributed by atoms with Crippen molar-refractivity contribution in [3.8, 4) is 5.75 Å². The smallest absolute Gasteiger partial charge is 0.311 e. The maximum atomic E-state index is 12.0. The van der Waals surface area contributed by atoms with E-state index in [1.165, 1.54) is 61.8 Å². The number of hydrogen-bond donors (Lipinski definition) is 1. The van der Waals surface area contributed by atoms with Crippen molar-refractivity contribution >= 4 is 16.9 Å². The van der Waals surface area contributed by atoms with Crippen molar-refractivity contribution in [3.05, 3.63) is 65.9 Å². The number of aromatic amines is 1. The highest BCUT2D eigenvalue weighted by Crippen LogP contribution is 2.28. The van der Waals surface area contributed by atoms with Gasteiger partial charge in [0.05, 0.1) is 0 Å². The molecule has 0 amide bonds. The zero-order valence-corrected chi connectivity index (χ0v) is 19.3. The largest absolute Gasteiger partial charge is 0.427 e. The van der Waals surface area contributed by atoms with Gasteiger partial charge in [0.2, 0.25) is 0 Å². The van der Waals surface area contributed by atoms with E-state index in [2.05, 4.69) is 53.3 Å². The fourth-order valence-electron chi connectivity index (χ4n) is 4.80. The minimum atomic E-state index is -0.140. The van der Waals surface area contributed by atoms with Gasteiger partial charge in [0.25, 0.3) is 0 Å². The number of rotatable bonds is 10. The second-order valence-electron chi connectivity index (χ2n) is 9.08. The Balaban J connectivity index is 1.22. The Morgan fingerprint density at radius 2 is 1.88 bits per heavy atom. The Morgan fingerprint density at radius 1 is 1.06 bits per heavy atom. The Kier molecular flexibility index (Phi) is 8.00. The number of benzene rings is 2. The summed E-state index contributed by atoms with van der Waals surface area (Å²) < 4.78 is 5.54. The van der Waals surface area contributed by atoms with Crippen LogP contribution in [0.15, 0.2) is 54.7 Å². The lowest BCUT2D eigenvalue weighted by atomic mass is 9.89. The average Bonchev–Trinajstić information content (AvgIpc) is 3.23. The summed E-state index contributed by atoms with van der Waals surface area (Å²) in [5.74, 6) is 1.24. The van der Waals surface area contributed by atoms with Gasteiger partial charge in [-0.05, 0) is 93.4 Å². The van der Waals surface area contributed by atoms with Gasteiger partial charge in [-0.25, -0.2) is 0 Å². The molecule has 1 saturated heterocycles. The highest BCUT2D eigenvalue weighted by Gasteiger charge is 2.20. The maximum absolute atomic E-state index is 12.0. The van der Waals surface area contributed by atoms with Crippen LogP contribution in [0.5, 0.6) is 5.75 Å². The van der Waals surface area contributed by atoms with Crippen LogP contribution < -0.4 is 4.74 Å². The number of carbonyl (C=O) groups excluding carboxylic acids is 1. The van der Waals surface area contributed by atoms with E-state index in [0.29, 0.717) is 12.2 Å². The second kappa shape index (κ2) is 11.3. The molecule has 2 aromatic carbocycles. The van der Waals surface area contributed by atoms with E-state index in [-0.39, 0.29) is 5.97 Å². The van der Waals surface area contributed by atoms with Crippen LogP contribution in [0, 0.1) is 0 Å². The number of aryl methyl sites for hydroxylation is 1. The van der Waals surface area contributed by atoms with E-state index >= 15 is 0 Å². The number of nitrogens with zero attached hydrogens (tertiary/aromatic N) is 1. The molecule has 0 unspecified atom stereocenters. The Bertz CT molecular complexity index is 987. The topological polar surface area (TPSA) is 45.3 Å². The molecule has 0 aliphatic carbocycles. The van der Waals surface area contributed by atoms with Crippen LogP contribution >= 0.6 is 0 Å². The summed E-state index contributed by atoms with van der Waals surface area (Å²) >= 11 is 0. The molecular weight excluding hydrogens is 396 g/mol. The minimum Gasteiger partial charge on any atom is -0.427 e. The van der Waals surface area contributed by atoms with E-state index < -0.39 is 0 Å². The number of piperidine rings is 1. The third-order valence-corrected chi connectivity index (χ3v) is 6.73. The summed E-state index contributed by atoms with van der Waals surface area (Å²) in [5, 5.41) is 1.18. The molecule has 0 saturated carbocycles. The quantitative estimate of drug-likeness (QED) is 0.227. The lowest BCUT2D eigenvalue weighted by Gasteiger charge is -2.32. The van der Waals surface area contributed by atoms with Gasteiger partial charge >= 0.3 is 5.97 Å². The first-order valence-electron chi connectivity index (χ1n) is 12.3. The molecule has 3 aromatic rings. The standard InChI is InChI=1S/C28H36N2O2/c1-2-3-12-28(31)32-25-13-14-27-26(20-25)24(21-29-27)11-7-8-17-30-18-15-23(16-19-30)22-9-5-4-6-10-22/h4-6,9-10,13-14,20-21,23,29H,2-3,7-8,11-12,15-19H2,1H3. The molecule has 1 aliphatic heterocycles. The predicted molar refractivity (Wildman–Crippen MR) is 131 cm³/mol. The van der Waals surface area contributed by atoms with Gasteiger partial charge in [0, 0.05) is 23.5 Å². The summed E-state index contributed by atoms with van der Waals surface area (Å²) in [5.41, 5.74) is 3.92. The van der Waals surface area contributed by atoms with Gasteiger partial charge in [-0.15, -0.1) is 0 Å². The number of aromatic nitrogens is 1. The Labute approximate surface area is 192 Å². The summed E-state index contributed by atoms with van der Waals surface area (Å²) in [6.07, 6.45) is 10.4. The lowest BCUT2D eigenvalue weighted by molar-refractivity contribution is -0.134. The average molecular weight is 433 g/mol. The number of likely N-dealkylation sites (tertiary alicyclic amines) is 1. The summed E-state index contributed by atoms with van der Waals surface area (Å²) in [7, 11) is 0. The van der Waals surface area contributed by atoms with E-state index in [4.69, 9.17) is 4.74 Å². The molecule has 170 valence electrons. The molecule has 1 aliphatic rings. The Morgan fingerprint density at radius 3 is 2.66 bits per heavy atom. The fraction of sp³-hybridized carbons (Fsp3) is 0.464. The first-order valence-corrected chi connectivity index (χ1v) is 12.3. The number of H-pyrrole nitrogens is 1. The van der Waals surface area contributed by atoms with E-state index in [1.54, 1.807) is 0 Å². The molecule has 1 fully saturated rings. The number of carbonyl (C=O) groups is 1. The van der Waals surface area contributed by atoms with Crippen molar-refractivity contribution in [1.29, 1.82) is 0 Å². The number of unbranched alkanes of at least 4 members (excludes halogenated alkanes) is 2. The third kappa shape index (κ3) is 6.01. The van der Waals surface area contributed by atoms with Gasteiger partial charge in [-0.3, -0.25) is 4.79 Å². The monoisotopic (exact) mass is 432 g/mol. The zero-order chi connectivity index (χ0) is 22.2. The molecule has 0 bridgehead atoms. The molecule has 0 radical (unpaired) electrons. The fourth-order valence-corrected chi connectivity index (χ4v) is 4.80. The Hall–Kier alpha value is -2.59. The van der Waals surface area contributed by atoms with Crippen LogP contribution in [0.1, 0.15) is 68.9 Å². The van der Waals surface area contributed by atoms with Gasteiger partial charge in [0.15, 0.2) is 0 Å². The molecular formula is C28H36N2O2. The summed E-state index contributed by atoms with van der Waals surface area (Å²) in [6, 6.07) is 16.9. The van der Waals surface area contributed by atoms with Crippen molar-refractivity contribution in [3.63, 3.8) is 0 Å². The second-order valence-corrected chi connectivity index (χ2v) is 9.08. The van der Waals surface area contributed by atoms with Crippen LogP contribution in [-0.4, -0.2) is 35.5 Å². The van der Waals surface area contributed by atoms with E-state index in [1.807, 2.05) is 18.2 Å². The molecule has 2 heterocycles. The minimum absolute atomic E-state index is 0.140. The predicted octanol–water partition coefficient (Wildman–Crippen LogP) is 6.47. The maximum Gasteiger partial charge on any atom is 0.311 e. The highest BCUT2D eigenvalue weighted by atomic mass is 16.5. The van der Waals surface area contributed by atoms with E-state index in [9.17, 15) is 4.79 Å². The molecule has 4 nitrogen and oxygen atoms in total. The van der Waals surface area contributed by atoms with Crippen molar-refractivity contribution in [2.75, 3.05) is 19.6 Å². The molecule has 4 rings (SSSR count). The van der Waals surface area contributed by atoms with E-state index in [0.717, 1.165) is 30.7 Å². The number of hydrogen-bond acceptors (Lipinski definition) is 3. The SMILES string of the molecule is CCCCC(=O)Oc1ccc2[nH]cc(CCCCN3CCC(c4ccccc4)CC3)c2c1. The van der Waals surface area contributed by atoms with Crippen molar-refractivity contribution < 1.29 is 9.53 Å². The third-order valence-electron chi connectivity index (χ3n) is 6.73. The van der Waals surface area contributed by atoms with Crippen molar-refractivity contribution in [1.82, 2.24) is 9.88 Å². The first kappa shape index (κ1) is 22.6. The van der Waals surface area contributed by atoms with Gasteiger partial charge in [-0.2, -0.15) is 0 Å². The summed E-state index contributed by atoms with van der Waals surface area (Å²) in [4.78, 5) is 17.9. The van der Waals surface area contributed by atoms with Gasteiger partial charge in [0.1, 0.15) is 5.75 Å². The summed E-state index contributed by atoms with van der Waals surface area (Å²) in [6.45, 7) is 5.68. The number of ether oxygens (including phenoxy) is 1. The molecule has 4 heteroatoms. The number of nitrogens with one attached hydrogen (secondary N) is 1. The van der Waals surface area contributed by atoms with Crippen LogP contribution in [-0.2, 0) is 11.2 Å². The first-order chi connectivity index (χ1) is 15.7. The van der Waals surface area contributed by atoms with Crippen molar-refractivity contribution in [2.24, 2.45) is 0 Å². The van der Waals surface area contributed by atoms with Crippen molar-refractivity contribution in [2.45, 2.75) is 64.2 Å².